The monoisotopic (exact) mass is 272 g/mol. The molecule has 0 saturated carbocycles. The van der Waals surface area contributed by atoms with Crippen LogP contribution in [0.3, 0.4) is 0 Å². The first-order chi connectivity index (χ1) is 9.72. The maximum Gasteiger partial charge on any atom is 0.0555 e. The topological polar surface area (TPSA) is 29.3 Å². The summed E-state index contributed by atoms with van der Waals surface area (Å²) >= 11 is 0. The van der Waals surface area contributed by atoms with E-state index < -0.39 is 0 Å². The summed E-state index contributed by atoms with van der Waals surface area (Å²) in [6.07, 6.45) is 3.67. The lowest BCUT2D eigenvalue weighted by atomic mass is 10.1. The van der Waals surface area contributed by atoms with E-state index in [1.54, 1.807) is 0 Å². The molecule has 1 aromatic rings. The number of nitrogens with zero attached hydrogens (tertiary/aromatic N) is 1. The van der Waals surface area contributed by atoms with Crippen molar-refractivity contribution >= 4 is 0 Å². The van der Waals surface area contributed by atoms with Crippen LogP contribution in [-0.2, 0) is 6.54 Å². The highest BCUT2D eigenvalue weighted by Gasteiger charge is 2.13. The van der Waals surface area contributed by atoms with Crippen LogP contribution in [0.4, 0.5) is 0 Å². The minimum Gasteiger partial charge on any atom is -0.320 e. The highest BCUT2D eigenvalue weighted by molar-refractivity contribution is 5.41. The molecule has 2 heteroatoms. The average Bonchev–Trinajstić information content (AvgIpc) is 2.49. The lowest BCUT2D eigenvalue weighted by Gasteiger charge is -2.28. The van der Waals surface area contributed by atoms with Gasteiger partial charge in [0.1, 0.15) is 0 Å². The molecule has 0 spiro atoms. The van der Waals surface area contributed by atoms with Gasteiger partial charge in [-0.2, -0.15) is 0 Å². The van der Waals surface area contributed by atoms with Crippen LogP contribution in [-0.4, -0.2) is 24.0 Å². The van der Waals surface area contributed by atoms with Gasteiger partial charge in [0, 0.05) is 18.2 Å². The summed E-state index contributed by atoms with van der Waals surface area (Å²) in [4.78, 5) is 2.56. The van der Waals surface area contributed by atoms with Gasteiger partial charge in [-0.05, 0) is 37.9 Å². The molecule has 1 aromatic carbocycles. The van der Waals surface area contributed by atoms with Gasteiger partial charge in [0.2, 0.25) is 0 Å². The fraction of sp³-hybridized carbons (Fsp3) is 0.556. The van der Waals surface area contributed by atoms with Gasteiger partial charge >= 0.3 is 0 Å². The number of rotatable bonds is 7. The molecular weight excluding hydrogens is 244 g/mol. The number of hydrogen-bond acceptors (Lipinski definition) is 2. The summed E-state index contributed by atoms with van der Waals surface area (Å²) in [5.74, 6) is 6.15. The first-order valence-corrected chi connectivity index (χ1v) is 7.73. The molecule has 1 rings (SSSR count). The second-order valence-electron chi connectivity index (χ2n) is 5.24. The molecule has 0 aliphatic carbocycles. The van der Waals surface area contributed by atoms with Gasteiger partial charge in [-0.3, -0.25) is 4.90 Å². The Bertz CT molecular complexity index is 442. The Morgan fingerprint density at radius 3 is 2.65 bits per heavy atom. The van der Waals surface area contributed by atoms with Crippen LogP contribution in [0.5, 0.6) is 0 Å². The van der Waals surface area contributed by atoms with Crippen molar-refractivity contribution in [3.8, 4) is 11.8 Å². The first-order valence-electron chi connectivity index (χ1n) is 7.73. The van der Waals surface area contributed by atoms with Gasteiger partial charge in [-0.25, -0.2) is 0 Å². The van der Waals surface area contributed by atoms with E-state index in [4.69, 9.17) is 5.73 Å². The zero-order chi connectivity index (χ0) is 14.8. The maximum atomic E-state index is 5.48. The molecule has 110 valence electrons. The molecular formula is C18H28N2. The summed E-state index contributed by atoms with van der Waals surface area (Å²) in [5, 5.41) is 0. The predicted molar refractivity (Wildman–Crippen MR) is 87.4 cm³/mol. The number of unbranched alkanes of at least 4 members (excludes halogenated alkanes) is 1. The van der Waals surface area contributed by atoms with Gasteiger partial charge in [0.25, 0.3) is 0 Å². The largest absolute Gasteiger partial charge is 0.320 e. The van der Waals surface area contributed by atoms with Crippen molar-refractivity contribution in [2.75, 3.05) is 13.1 Å². The van der Waals surface area contributed by atoms with Crippen LogP contribution >= 0.6 is 0 Å². The second kappa shape index (κ2) is 9.58. The fourth-order valence-corrected chi connectivity index (χ4v) is 2.22. The Morgan fingerprint density at radius 2 is 2.00 bits per heavy atom. The van der Waals surface area contributed by atoms with Crippen molar-refractivity contribution in [1.82, 2.24) is 4.90 Å². The second-order valence-corrected chi connectivity index (χ2v) is 5.24. The Hall–Kier alpha value is -1.30. The number of benzene rings is 1. The van der Waals surface area contributed by atoms with Gasteiger partial charge < -0.3 is 5.73 Å². The van der Waals surface area contributed by atoms with E-state index >= 15 is 0 Å². The average molecular weight is 272 g/mol. The van der Waals surface area contributed by atoms with E-state index in [-0.39, 0.29) is 0 Å². The maximum absolute atomic E-state index is 5.48. The smallest absolute Gasteiger partial charge is 0.0555 e. The van der Waals surface area contributed by atoms with Crippen molar-refractivity contribution in [2.24, 2.45) is 5.73 Å². The molecule has 0 bridgehead atoms. The molecule has 0 saturated heterocycles. The minimum atomic E-state index is 0.416. The van der Waals surface area contributed by atoms with Crippen LogP contribution in [0.1, 0.15) is 51.2 Å². The highest BCUT2D eigenvalue weighted by Crippen LogP contribution is 2.15. The molecule has 0 amide bonds. The summed E-state index contributed by atoms with van der Waals surface area (Å²) in [5.41, 5.74) is 7.90. The molecule has 20 heavy (non-hydrogen) atoms. The Morgan fingerprint density at radius 1 is 1.25 bits per heavy atom. The first kappa shape index (κ1) is 16.8. The van der Waals surface area contributed by atoms with E-state index in [9.17, 15) is 0 Å². The van der Waals surface area contributed by atoms with E-state index in [2.05, 4.69) is 55.7 Å². The third kappa shape index (κ3) is 5.36. The number of nitrogens with two attached hydrogens (primary N) is 1. The van der Waals surface area contributed by atoms with Crippen LogP contribution in [0, 0.1) is 11.8 Å². The molecule has 1 atom stereocenters. The van der Waals surface area contributed by atoms with Crippen LogP contribution in [0.25, 0.3) is 0 Å². The lowest BCUT2D eigenvalue weighted by Crippen LogP contribution is -2.33. The standard InChI is InChI=1S/C18H28N2/c1-4-6-14-20(16(3)5-2)15-18-11-8-7-10-17(18)12-9-13-19/h7-8,10-11,16H,4-6,13-15,19H2,1-3H3. The molecule has 0 aliphatic heterocycles. The van der Waals surface area contributed by atoms with Crippen molar-refractivity contribution in [1.29, 1.82) is 0 Å². The fourth-order valence-electron chi connectivity index (χ4n) is 2.22. The zero-order valence-electron chi connectivity index (χ0n) is 13.2. The highest BCUT2D eigenvalue weighted by atomic mass is 15.1. The van der Waals surface area contributed by atoms with E-state index in [0.29, 0.717) is 12.6 Å². The minimum absolute atomic E-state index is 0.416. The third-order valence-corrected chi connectivity index (χ3v) is 3.73. The number of hydrogen-bond donors (Lipinski definition) is 1. The summed E-state index contributed by atoms with van der Waals surface area (Å²) in [7, 11) is 0. The lowest BCUT2D eigenvalue weighted by molar-refractivity contribution is 0.192. The molecule has 0 radical (unpaired) electrons. The summed E-state index contributed by atoms with van der Waals surface area (Å²) < 4.78 is 0. The molecule has 2 nitrogen and oxygen atoms in total. The van der Waals surface area contributed by atoms with Gasteiger partial charge in [-0.15, -0.1) is 0 Å². The van der Waals surface area contributed by atoms with E-state index in [1.807, 2.05) is 6.07 Å². The molecule has 1 unspecified atom stereocenters. The van der Waals surface area contributed by atoms with Crippen molar-refractivity contribution in [2.45, 2.75) is 52.6 Å². The van der Waals surface area contributed by atoms with Crippen molar-refractivity contribution in [3.63, 3.8) is 0 Å². The molecule has 0 aliphatic rings. The zero-order valence-corrected chi connectivity index (χ0v) is 13.2. The van der Waals surface area contributed by atoms with Gasteiger partial charge in [-0.1, -0.05) is 50.3 Å². The molecule has 0 fully saturated rings. The Balaban J connectivity index is 2.86. The van der Waals surface area contributed by atoms with Gasteiger partial charge in [0.05, 0.1) is 6.54 Å². The van der Waals surface area contributed by atoms with Gasteiger partial charge in [0.15, 0.2) is 0 Å². The van der Waals surface area contributed by atoms with Crippen LogP contribution in [0.2, 0.25) is 0 Å². The summed E-state index contributed by atoms with van der Waals surface area (Å²) in [6.45, 7) is 9.36. The predicted octanol–water partition coefficient (Wildman–Crippen LogP) is 3.40. The van der Waals surface area contributed by atoms with Crippen molar-refractivity contribution in [3.05, 3.63) is 35.4 Å². The van der Waals surface area contributed by atoms with Crippen LogP contribution in [0.15, 0.2) is 24.3 Å². The Labute approximate surface area is 124 Å². The molecule has 2 N–H and O–H groups in total. The third-order valence-electron chi connectivity index (χ3n) is 3.73. The molecule has 0 heterocycles. The van der Waals surface area contributed by atoms with Crippen molar-refractivity contribution < 1.29 is 0 Å². The normalized spacial score (nSPS) is 12.1. The quantitative estimate of drug-likeness (QED) is 0.771. The molecule has 0 aromatic heterocycles. The Kier molecular flexibility index (Phi) is 8.02. The van der Waals surface area contributed by atoms with E-state index in [0.717, 1.165) is 18.7 Å². The SMILES string of the molecule is CCCCN(Cc1ccccc1C#CCN)C(C)CC. The van der Waals surface area contributed by atoms with E-state index in [1.165, 1.54) is 24.8 Å². The van der Waals surface area contributed by atoms with Crippen LogP contribution < -0.4 is 5.73 Å². The summed E-state index contributed by atoms with van der Waals surface area (Å²) in [6, 6.07) is 9.02.